The van der Waals surface area contributed by atoms with Gasteiger partial charge in [0.15, 0.2) is 0 Å². The van der Waals surface area contributed by atoms with Crippen molar-refractivity contribution in [2.24, 2.45) is 0 Å². The van der Waals surface area contributed by atoms with Crippen LogP contribution in [0.25, 0.3) is 111 Å². The molecular formula is C66H46F6N2. The lowest BCUT2D eigenvalue weighted by Gasteiger charge is -2.20. The first-order valence-corrected chi connectivity index (χ1v) is 24.4. The average Bonchev–Trinajstić information content (AvgIpc) is 3.89. The summed E-state index contributed by atoms with van der Waals surface area (Å²) < 4.78 is 96.4. The van der Waals surface area contributed by atoms with Crippen molar-refractivity contribution in [3.8, 4) is 67.0 Å². The second-order valence-electron chi connectivity index (χ2n) is 19.5. The Hall–Kier alpha value is -8.62. The molecule has 74 heavy (non-hydrogen) atoms. The molecule has 362 valence electrons. The number of fused-ring (bicyclic) bond motifs is 6. The largest absolute Gasteiger partial charge is 0.418 e. The van der Waals surface area contributed by atoms with Gasteiger partial charge in [0.05, 0.1) is 44.6 Å². The van der Waals surface area contributed by atoms with Gasteiger partial charge in [0.1, 0.15) is 0 Å². The topological polar surface area (TPSA) is 9.86 Å². The number of aromatic nitrogens is 2. The Labute approximate surface area is 424 Å². The number of halogens is 6. The maximum Gasteiger partial charge on any atom is 0.418 e. The Bertz CT molecular complexity index is 3750. The Morgan fingerprint density at radius 1 is 0.257 bits per heavy atom. The van der Waals surface area contributed by atoms with E-state index < -0.39 is 23.5 Å². The summed E-state index contributed by atoms with van der Waals surface area (Å²) in [4.78, 5) is 0. The van der Waals surface area contributed by atoms with E-state index in [4.69, 9.17) is 0 Å². The molecule has 8 heteroatoms. The molecule has 0 N–H and O–H groups in total. The molecule has 0 fully saturated rings. The minimum atomic E-state index is -4.79. The van der Waals surface area contributed by atoms with Gasteiger partial charge in [-0.25, -0.2) is 0 Å². The highest BCUT2D eigenvalue weighted by Crippen LogP contribution is 2.46. The summed E-state index contributed by atoms with van der Waals surface area (Å²) in [6, 6.07) is 63.3. The van der Waals surface area contributed by atoms with Gasteiger partial charge < -0.3 is 9.13 Å². The van der Waals surface area contributed by atoms with Crippen LogP contribution in [0, 0.1) is 27.7 Å². The van der Waals surface area contributed by atoms with Crippen molar-refractivity contribution >= 4 is 43.6 Å². The molecule has 2 aromatic heterocycles. The van der Waals surface area contributed by atoms with E-state index in [1.165, 1.54) is 24.3 Å². The highest BCUT2D eigenvalue weighted by molar-refractivity contribution is 6.13. The summed E-state index contributed by atoms with van der Waals surface area (Å²) in [7, 11) is 0. The third kappa shape index (κ3) is 8.20. The SMILES string of the molecule is Cc1cccc(-c2ccc3c(c2)c2cc(-c4cccc(C)c4)ccc2n3-c2cc(-c3ccc(C(F)(F)F)c(-n4c5ccc(-c6cccc(C)c6)cc5c5cc(-c6cccc(C)c6)ccc54)c3)ccc2C(F)(F)F)c1. The number of alkyl halides is 6. The molecule has 0 spiro atoms. The molecule has 0 atom stereocenters. The minimum Gasteiger partial charge on any atom is -0.309 e. The molecule has 0 amide bonds. The zero-order valence-corrected chi connectivity index (χ0v) is 40.8. The van der Waals surface area contributed by atoms with E-state index in [1.54, 1.807) is 9.13 Å². The van der Waals surface area contributed by atoms with Crippen LogP contribution in [0.5, 0.6) is 0 Å². The van der Waals surface area contributed by atoms with Crippen molar-refractivity contribution < 1.29 is 26.3 Å². The van der Waals surface area contributed by atoms with Crippen LogP contribution >= 0.6 is 0 Å². The van der Waals surface area contributed by atoms with Crippen LogP contribution in [-0.4, -0.2) is 9.13 Å². The molecule has 12 rings (SSSR count). The van der Waals surface area contributed by atoms with E-state index in [0.717, 1.165) is 100 Å². The maximum absolute atomic E-state index is 15.5. The molecule has 2 nitrogen and oxygen atoms in total. The number of rotatable bonds is 7. The van der Waals surface area contributed by atoms with E-state index >= 15 is 26.3 Å². The smallest absolute Gasteiger partial charge is 0.309 e. The summed E-state index contributed by atoms with van der Waals surface area (Å²) in [5, 5.41) is 3.02. The van der Waals surface area contributed by atoms with Gasteiger partial charge in [-0.15, -0.1) is 0 Å². The van der Waals surface area contributed by atoms with Gasteiger partial charge in [-0.2, -0.15) is 26.3 Å². The third-order valence-corrected chi connectivity index (χ3v) is 14.4. The molecule has 0 saturated carbocycles. The molecule has 0 radical (unpaired) electrons. The molecule has 0 saturated heterocycles. The molecule has 0 unspecified atom stereocenters. The van der Waals surface area contributed by atoms with Crippen molar-refractivity contribution in [1.82, 2.24) is 9.13 Å². The molecule has 0 aliphatic carbocycles. The highest BCUT2D eigenvalue weighted by atomic mass is 19.4. The number of aryl methyl sites for hydroxylation is 4. The fourth-order valence-corrected chi connectivity index (χ4v) is 10.9. The van der Waals surface area contributed by atoms with Crippen LogP contribution in [0.1, 0.15) is 33.4 Å². The summed E-state index contributed by atoms with van der Waals surface area (Å²) in [5.41, 5.74) is 12.6. The normalized spacial score (nSPS) is 12.2. The fraction of sp³-hybridized carbons (Fsp3) is 0.0909. The van der Waals surface area contributed by atoms with Gasteiger partial charge >= 0.3 is 12.4 Å². The van der Waals surface area contributed by atoms with Crippen LogP contribution in [0.4, 0.5) is 26.3 Å². The first kappa shape index (κ1) is 46.5. The van der Waals surface area contributed by atoms with E-state index in [1.807, 2.05) is 173 Å². The van der Waals surface area contributed by atoms with Gasteiger partial charge in [0, 0.05) is 21.5 Å². The molecule has 12 aromatic rings. The molecular weight excluding hydrogens is 935 g/mol. The lowest BCUT2D eigenvalue weighted by Crippen LogP contribution is -2.12. The fourth-order valence-electron chi connectivity index (χ4n) is 10.9. The Morgan fingerprint density at radius 3 is 0.730 bits per heavy atom. The summed E-state index contributed by atoms with van der Waals surface area (Å²) >= 11 is 0. The summed E-state index contributed by atoms with van der Waals surface area (Å²) in [6.07, 6.45) is -9.58. The van der Waals surface area contributed by atoms with E-state index in [-0.39, 0.29) is 11.4 Å². The third-order valence-electron chi connectivity index (χ3n) is 14.4. The van der Waals surface area contributed by atoms with Crippen molar-refractivity contribution in [1.29, 1.82) is 0 Å². The Balaban J connectivity index is 1.09. The van der Waals surface area contributed by atoms with Crippen molar-refractivity contribution in [3.63, 3.8) is 0 Å². The lowest BCUT2D eigenvalue weighted by atomic mass is 9.98. The number of benzene rings is 10. The lowest BCUT2D eigenvalue weighted by molar-refractivity contribution is -0.138. The molecule has 2 heterocycles. The predicted molar refractivity (Wildman–Crippen MR) is 291 cm³/mol. The standard InChI is InChI=1S/C66H46F6N2/c1-39-9-5-13-43(29-39)47-19-25-59-53(33-47)54-34-48(44-14-6-10-40(2)30-44)20-26-60(54)73(59)63-37-51(17-23-57(63)65(67,68)69)52-18-24-58(66(70,71)72)64(38-52)74-61-27-21-49(45-15-7-11-41(3)31-45)35-55(61)56-36-50(22-28-62(56)74)46-16-8-12-42(4)32-46/h5-38H,1-4H3. The number of hydrogen-bond acceptors (Lipinski definition) is 0. The summed E-state index contributed by atoms with van der Waals surface area (Å²) in [6.45, 7) is 8.06. The first-order valence-electron chi connectivity index (χ1n) is 24.4. The minimum absolute atomic E-state index is 0.146. The molecule has 0 aliphatic heterocycles. The van der Waals surface area contributed by atoms with E-state index in [2.05, 4.69) is 24.3 Å². The predicted octanol–water partition coefficient (Wildman–Crippen LogP) is 19.5. The summed E-state index contributed by atoms with van der Waals surface area (Å²) in [5.74, 6) is 0. The average molecular weight is 981 g/mol. The molecule has 10 aromatic carbocycles. The van der Waals surface area contributed by atoms with E-state index in [0.29, 0.717) is 33.2 Å². The second kappa shape index (κ2) is 17.6. The molecule has 0 aliphatic rings. The monoisotopic (exact) mass is 980 g/mol. The van der Waals surface area contributed by atoms with Gasteiger partial charge in [0.25, 0.3) is 0 Å². The Kier molecular flexibility index (Phi) is 11.0. The van der Waals surface area contributed by atoms with Gasteiger partial charge in [-0.1, -0.05) is 156 Å². The van der Waals surface area contributed by atoms with Crippen molar-refractivity contribution in [2.75, 3.05) is 0 Å². The van der Waals surface area contributed by atoms with Gasteiger partial charge in [0.2, 0.25) is 0 Å². The van der Waals surface area contributed by atoms with Gasteiger partial charge in [-0.05, 0) is 156 Å². The maximum atomic E-state index is 15.5. The zero-order valence-electron chi connectivity index (χ0n) is 40.8. The second-order valence-corrected chi connectivity index (χ2v) is 19.5. The molecule has 0 bridgehead atoms. The Morgan fingerprint density at radius 2 is 0.486 bits per heavy atom. The number of nitrogens with zero attached hydrogens (tertiary/aromatic N) is 2. The van der Waals surface area contributed by atoms with E-state index in [9.17, 15) is 0 Å². The van der Waals surface area contributed by atoms with Crippen LogP contribution < -0.4 is 0 Å². The van der Waals surface area contributed by atoms with Crippen molar-refractivity contribution in [3.05, 3.63) is 240 Å². The zero-order chi connectivity index (χ0) is 51.2. The highest BCUT2D eigenvalue weighted by Gasteiger charge is 2.37. The van der Waals surface area contributed by atoms with Crippen LogP contribution in [-0.2, 0) is 12.4 Å². The van der Waals surface area contributed by atoms with Crippen LogP contribution in [0.2, 0.25) is 0 Å². The quantitative estimate of drug-likeness (QED) is 0.141. The van der Waals surface area contributed by atoms with Crippen molar-refractivity contribution in [2.45, 2.75) is 40.0 Å². The van der Waals surface area contributed by atoms with Gasteiger partial charge in [-0.3, -0.25) is 0 Å². The number of hydrogen-bond donors (Lipinski definition) is 0. The van der Waals surface area contributed by atoms with Crippen LogP contribution in [0.3, 0.4) is 0 Å². The first-order chi connectivity index (χ1) is 35.6. The van der Waals surface area contributed by atoms with Crippen LogP contribution in [0.15, 0.2) is 206 Å².